The Balaban J connectivity index is 2.84. The first-order chi connectivity index (χ1) is 6.43. The second kappa shape index (κ2) is 4.11. The molecular formula is C9H14ClN3O. The maximum atomic E-state index is 9.48. The zero-order chi connectivity index (χ0) is 10.8. The topological polar surface area (TPSA) is 58.0 Å². The van der Waals surface area contributed by atoms with E-state index in [-0.39, 0.29) is 0 Å². The molecule has 5 heteroatoms. The lowest BCUT2D eigenvalue weighted by Gasteiger charge is -2.30. The number of nitrogens with zero attached hydrogens (tertiary/aromatic N) is 2. The van der Waals surface area contributed by atoms with Crippen molar-refractivity contribution in [2.45, 2.75) is 32.4 Å². The van der Waals surface area contributed by atoms with Crippen LogP contribution in [0.15, 0.2) is 12.5 Å². The Kier molecular flexibility index (Phi) is 3.29. The monoisotopic (exact) mass is 215 g/mol. The van der Waals surface area contributed by atoms with Gasteiger partial charge in [-0.1, -0.05) is 11.6 Å². The van der Waals surface area contributed by atoms with E-state index in [2.05, 4.69) is 15.3 Å². The van der Waals surface area contributed by atoms with Crippen LogP contribution in [0, 0.1) is 0 Å². The van der Waals surface area contributed by atoms with E-state index in [1.54, 1.807) is 6.92 Å². The Labute approximate surface area is 88.3 Å². The molecule has 1 atom stereocenters. The molecule has 0 aliphatic rings. The molecule has 0 saturated heterocycles. The van der Waals surface area contributed by atoms with Gasteiger partial charge in [0.25, 0.3) is 0 Å². The maximum Gasteiger partial charge on any atom is 0.148 e. The van der Waals surface area contributed by atoms with Gasteiger partial charge >= 0.3 is 0 Å². The van der Waals surface area contributed by atoms with E-state index in [4.69, 9.17) is 11.6 Å². The SMILES string of the molecule is CC(O)C(C)(C)Nc1ncncc1Cl. The van der Waals surface area contributed by atoms with Crippen molar-refractivity contribution in [1.82, 2.24) is 9.97 Å². The summed E-state index contributed by atoms with van der Waals surface area (Å²) in [4.78, 5) is 7.75. The van der Waals surface area contributed by atoms with E-state index in [0.717, 1.165) is 0 Å². The minimum absolute atomic E-state index is 0.446. The van der Waals surface area contributed by atoms with Gasteiger partial charge in [-0.25, -0.2) is 9.97 Å². The minimum atomic E-state index is -0.506. The Bertz CT molecular complexity index is 315. The fourth-order valence-electron chi connectivity index (χ4n) is 0.814. The summed E-state index contributed by atoms with van der Waals surface area (Å²) in [5, 5.41) is 13.0. The van der Waals surface area contributed by atoms with Crippen molar-refractivity contribution in [1.29, 1.82) is 0 Å². The molecule has 1 heterocycles. The second-order valence-electron chi connectivity index (χ2n) is 3.74. The predicted octanol–water partition coefficient (Wildman–Crippen LogP) is 1.70. The molecule has 14 heavy (non-hydrogen) atoms. The van der Waals surface area contributed by atoms with E-state index in [1.165, 1.54) is 12.5 Å². The van der Waals surface area contributed by atoms with Gasteiger partial charge in [-0.2, -0.15) is 0 Å². The number of hydrogen-bond donors (Lipinski definition) is 2. The van der Waals surface area contributed by atoms with Crippen LogP contribution >= 0.6 is 11.6 Å². The second-order valence-corrected chi connectivity index (χ2v) is 4.15. The van der Waals surface area contributed by atoms with Crippen molar-refractivity contribution in [2.75, 3.05) is 5.32 Å². The van der Waals surface area contributed by atoms with Crippen molar-refractivity contribution in [3.63, 3.8) is 0 Å². The first-order valence-electron chi connectivity index (χ1n) is 4.35. The van der Waals surface area contributed by atoms with Crippen LogP contribution < -0.4 is 5.32 Å². The summed E-state index contributed by atoms with van der Waals surface area (Å²) in [7, 11) is 0. The smallest absolute Gasteiger partial charge is 0.148 e. The summed E-state index contributed by atoms with van der Waals surface area (Å²) in [6.45, 7) is 5.45. The summed E-state index contributed by atoms with van der Waals surface area (Å²) >= 11 is 5.87. The van der Waals surface area contributed by atoms with Crippen molar-refractivity contribution < 1.29 is 5.11 Å². The summed E-state index contributed by atoms with van der Waals surface area (Å²) in [5.41, 5.74) is -0.474. The van der Waals surface area contributed by atoms with Crippen molar-refractivity contribution >= 4 is 17.4 Å². The molecule has 0 fully saturated rings. The van der Waals surface area contributed by atoms with Gasteiger partial charge in [-0.15, -0.1) is 0 Å². The molecule has 1 unspecified atom stereocenters. The Morgan fingerprint density at radius 3 is 2.71 bits per heavy atom. The lowest BCUT2D eigenvalue weighted by molar-refractivity contribution is 0.133. The van der Waals surface area contributed by atoms with Crippen LogP contribution in [-0.2, 0) is 0 Å². The van der Waals surface area contributed by atoms with E-state index >= 15 is 0 Å². The van der Waals surface area contributed by atoms with Crippen LogP contribution in [0.3, 0.4) is 0 Å². The molecule has 2 N–H and O–H groups in total. The molecule has 0 aliphatic carbocycles. The Hall–Kier alpha value is -0.870. The molecule has 1 aromatic rings. The molecule has 1 rings (SSSR count). The van der Waals surface area contributed by atoms with Crippen molar-refractivity contribution in [3.8, 4) is 0 Å². The minimum Gasteiger partial charge on any atom is -0.391 e. The fourth-order valence-corrected chi connectivity index (χ4v) is 0.967. The number of rotatable bonds is 3. The maximum absolute atomic E-state index is 9.48. The average Bonchev–Trinajstić information content (AvgIpc) is 2.08. The van der Waals surface area contributed by atoms with E-state index < -0.39 is 11.6 Å². The van der Waals surface area contributed by atoms with E-state index in [0.29, 0.717) is 10.8 Å². The fraction of sp³-hybridized carbons (Fsp3) is 0.556. The Morgan fingerprint density at radius 1 is 1.57 bits per heavy atom. The van der Waals surface area contributed by atoms with Crippen LogP contribution in [0.1, 0.15) is 20.8 Å². The van der Waals surface area contributed by atoms with Gasteiger partial charge in [0.2, 0.25) is 0 Å². The standard InChI is InChI=1S/C9H14ClN3O/c1-6(14)9(2,3)13-8-7(10)4-11-5-12-8/h4-6,14H,1-3H3,(H,11,12,13). The first kappa shape index (κ1) is 11.2. The quantitative estimate of drug-likeness (QED) is 0.806. The van der Waals surface area contributed by atoms with Gasteiger partial charge in [-0.05, 0) is 20.8 Å². The molecule has 0 saturated carbocycles. The largest absolute Gasteiger partial charge is 0.391 e. The number of halogens is 1. The highest BCUT2D eigenvalue weighted by Gasteiger charge is 2.24. The molecule has 0 radical (unpaired) electrons. The van der Waals surface area contributed by atoms with Crippen LogP contribution in [0.2, 0.25) is 5.02 Å². The molecule has 0 spiro atoms. The number of aliphatic hydroxyl groups excluding tert-OH is 1. The number of nitrogens with one attached hydrogen (secondary N) is 1. The summed E-state index contributed by atoms with van der Waals surface area (Å²) in [6.07, 6.45) is 2.41. The van der Waals surface area contributed by atoms with Gasteiger partial charge in [0.1, 0.15) is 17.2 Å². The van der Waals surface area contributed by atoms with Crippen LogP contribution in [0.25, 0.3) is 0 Å². The van der Waals surface area contributed by atoms with Crippen LogP contribution in [-0.4, -0.2) is 26.7 Å². The van der Waals surface area contributed by atoms with Crippen molar-refractivity contribution in [2.24, 2.45) is 0 Å². The van der Waals surface area contributed by atoms with Gasteiger partial charge in [-0.3, -0.25) is 0 Å². The molecule has 0 aliphatic heterocycles. The zero-order valence-electron chi connectivity index (χ0n) is 8.45. The number of hydrogen-bond acceptors (Lipinski definition) is 4. The van der Waals surface area contributed by atoms with E-state index in [9.17, 15) is 5.11 Å². The van der Waals surface area contributed by atoms with Crippen molar-refractivity contribution in [3.05, 3.63) is 17.5 Å². The lowest BCUT2D eigenvalue weighted by atomic mass is 9.99. The third-order valence-electron chi connectivity index (χ3n) is 2.15. The average molecular weight is 216 g/mol. The molecule has 1 aromatic heterocycles. The van der Waals surface area contributed by atoms with Crippen LogP contribution in [0.4, 0.5) is 5.82 Å². The highest BCUT2D eigenvalue weighted by molar-refractivity contribution is 6.32. The van der Waals surface area contributed by atoms with Gasteiger partial charge in [0.15, 0.2) is 0 Å². The number of aliphatic hydroxyl groups is 1. The molecular weight excluding hydrogens is 202 g/mol. The Morgan fingerprint density at radius 2 is 2.21 bits per heavy atom. The third kappa shape index (κ3) is 2.56. The molecule has 0 bridgehead atoms. The van der Waals surface area contributed by atoms with Gasteiger partial charge in [0.05, 0.1) is 17.8 Å². The van der Waals surface area contributed by atoms with E-state index in [1.807, 2.05) is 13.8 Å². The van der Waals surface area contributed by atoms with Gasteiger partial charge < -0.3 is 10.4 Å². The number of aromatic nitrogens is 2. The predicted molar refractivity (Wildman–Crippen MR) is 56.4 cm³/mol. The molecule has 78 valence electrons. The third-order valence-corrected chi connectivity index (χ3v) is 2.43. The zero-order valence-corrected chi connectivity index (χ0v) is 9.21. The lowest BCUT2D eigenvalue weighted by Crippen LogP contribution is -2.42. The molecule has 0 aromatic carbocycles. The summed E-state index contributed by atoms with van der Waals surface area (Å²) < 4.78 is 0. The van der Waals surface area contributed by atoms with Crippen LogP contribution in [0.5, 0.6) is 0 Å². The van der Waals surface area contributed by atoms with Gasteiger partial charge in [0, 0.05) is 0 Å². The normalized spacial score (nSPS) is 13.8. The number of anilines is 1. The highest BCUT2D eigenvalue weighted by atomic mass is 35.5. The first-order valence-corrected chi connectivity index (χ1v) is 4.73. The highest BCUT2D eigenvalue weighted by Crippen LogP contribution is 2.22. The molecule has 0 amide bonds. The summed E-state index contributed by atoms with van der Waals surface area (Å²) in [5.74, 6) is 0.535. The summed E-state index contributed by atoms with van der Waals surface area (Å²) in [6, 6.07) is 0. The molecule has 4 nitrogen and oxygen atoms in total.